The van der Waals surface area contributed by atoms with Gasteiger partial charge in [0.05, 0.1) is 0 Å². The van der Waals surface area contributed by atoms with Crippen LogP contribution in [-0.2, 0) is 0 Å². The molecule has 1 aromatic heterocycles. The maximum Gasteiger partial charge on any atom is 0.163 e. The lowest BCUT2D eigenvalue weighted by Gasteiger charge is -2.04. The second-order valence-corrected chi connectivity index (χ2v) is 5.73. The molecule has 5 heteroatoms. The Kier molecular flexibility index (Phi) is 4.92. The number of thioether (sulfide) groups is 1. The fourth-order valence-corrected chi connectivity index (χ4v) is 3.14. The zero-order valence-corrected chi connectivity index (χ0v) is 10.5. The van der Waals surface area contributed by atoms with Gasteiger partial charge in [0.1, 0.15) is 4.88 Å². The van der Waals surface area contributed by atoms with Crippen LogP contribution in [0.15, 0.2) is 4.34 Å². The number of aldehydes is 1. The highest BCUT2D eigenvalue weighted by atomic mass is 35.5. The molecule has 0 fully saturated rings. The normalized spacial score (nSPS) is 12.8. The molecular formula is C9H12ClNOS2. The number of hydrogen-bond donors (Lipinski definition) is 0. The highest BCUT2D eigenvalue weighted by Crippen LogP contribution is 2.30. The summed E-state index contributed by atoms with van der Waals surface area (Å²) >= 11 is 8.78. The quantitative estimate of drug-likeness (QED) is 0.588. The molecule has 1 atom stereocenters. The molecule has 0 amide bonds. The molecule has 2 nitrogen and oxygen atoms in total. The fourth-order valence-electron chi connectivity index (χ4n) is 0.760. The van der Waals surface area contributed by atoms with Crippen molar-refractivity contribution in [2.75, 3.05) is 5.75 Å². The molecule has 0 radical (unpaired) electrons. The molecule has 0 N–H and O–H groups in total. The van der Waals surface area contributed by atoms with Crippen molar-refractivity contribution in [3.8, 4) is 0 Å². The van der Waals surface area contributed by atoms with Gasteiger partial charge in [-0.25, -0.2) is 4.98 Å². The van der Waals surface area contributed by atoms with Gasteiger partial charge in [0, 0.05) is 5.75 Å². The van der Waals surface area contributed by atoms with Gasteiger partial charge in [-0.05, 0) is 5.92 Å². The lowest BCUT2D eigenvalue weighted by atomic mass is 10.2. The Morgan fingerprint density at radius 1 is 1.71 bits per heavy atom. The van der Waals surface area contributed by atoms with Crippen molar-refractivity contribution in [1.29, 1.82) is 0 Å². The van der Waals surface area contributed by atoms with E-state index in [9.17, 15) is 4.79 Å². The van der Waals surface area contributed by atoms with Gasteiger partial charge >= 0.3 is 0 Å². The molecule has 0 spiro atoms. The summed E-state index contributed by atoms with van der Waals surface area (Å²) in [5, 5.41) is 0.330. The summed E-state index contributed by atoms with van der Waals surface area (Å²) in [7, 11) is 0. The third-order valence-electron chi connectivity index (χ3n) is 1.89. The highest BCUT2D eigenvalue weighted by Gasteiger charge is 2.09. The number of thiazole rings is 1. The molecule has 0 saturated carbocycles. The predicted molar refractivity (Wildman–Crippen MR) is 62.7 cm³/mol. The number of nitrogens with zero attached hydrogens (tertiary/aromatic N) is 1. The second kappa shape index (κ2) is 5.73. The van der Waals surface area contributed by atoms with Crippen molar-refractivity contribution < 1.29 is 4.79 Å². The smallest absolute Gasteiger partial charge is 0.163 e. The molecule has 1 rings (SSSR count). The molecule has 1 heterocycles. The number of carbonyl (C=O) groups is 1. The lowest BCUT2D eigenvalue weighted by Crippen LogP contribution is -1.94. The Bertz CT molecular complexity index is 314. The lowest BCUT2D eigenvalue weighted by molar-refractivity contribution is 0.112. The van der Waals surface area contributed by atoms with Crippen LogP contribution in [0.25, 0.3) is 0 Å². The van der Waals surface area contributed by atoms with E-state index in [0.29, 0.717) is 15.9 Å². The third-order valence-corrected chi connectivity index (χ3v) is 4.74. The zero-order chi connectivity index (χ0) is 10.6. The summed E-state index contributed by atoms with van der Waals surface area (Å²) in [6.07, 6.45) is 1.92. The third kappa shape index (κ3) is 3.26. The van der Waals surface area contributed by atoms with E-state index < -0.39 is 0 Å². The van der Waals surface area contributed by atoms with Crippen LogP contribution in [0.2, 0.25) is 5.15 Å². The zero-order valence-electron chi connectivity index (χ0n) is 8.12. The second-order valence-electron chi connectivity index (χ2n) is 3.08. The monoisotopic (exact) mass is 249 g/mol. The summed E-state index contributed by atoms with van der Waals surface area (Å²) in [5.74, 6) is 1.70. The molecule has 0 saturated heterocycles. The van der Waals surface area contributed by atoms with E-state index in [-0.39, 0.29) is 0 Å². The Balaban J connectivity index is 2.55. The van der Waals surface area contributed by atoms with Crippen LogP contribution < -0.4 is 0 Å². The number of hydrogen-bond acceptors (Lipinski definition) is 4. The van der Waals surface area contributed by atoms with E-state index >= 15 is 0 Å². The van der Waals surface area contributed by atoms with Gasteiger partial charge in [-0.1, -0.05) is 43.6 Å². The standard InChI is InChI=1S/C9H12ClNOS2/c1-3-6(2)5-13-9-11-8(10)7(4-12)14-9/h4,6H,3,5H2,1-2H3. The summed E-state index contributed by atoms with van der Waals surface area (Å²) in [6, 6.07) is 0. The minimum Gasteiger partial charge on any atom is -0.297 e. The summed E-state index contributed by atoms with van der Waals surface area (Å²) < 4.78 is 0.886. The minimum absolute atomic E-state index is 0.330. The van der Waals surface area contributed by atoms with Gasteiger partial charge in [-0.3, -0.25) is 4.79 Å². The van der Waals surface area contributed by atoms with E-state index in [1.807, 2.05) is 0 Å². The van der Waals surface area contributed by atoms with Gasteiger partial charge in [0.25, 0.3) is 0 Å². The van der Waals surface area contributed by atoms with Crippen molar-refractivity contribution in [1.82, 2.24) is 4.98 Å². The number of halogens is 1. The Labute approximate surface area is 97.1 Å². The van der Waals surface area contributed by atoms with E-state index in [1.165, 1.54) is 11.3 Å². The van der Waals surface area contributed by atoms with Crippen LogP contribution in [-0.4, -0.2) is 17.0 Å². The number of carbonyl (C=O) groups excluding carboxylic acids is 1. The first-order chi connectivity index (χ1) is 6.67. The van der Waals surface area contributed by atoms with Crippen LogP contribution in [0.3, 0.4) is 0 Å². The minimum atomic E-state index is 0.330. The van der Waals surface area contributed by atoms with Gasteiger partial charge in [0.2, 0.25) is 0 Å². The first kappa shape index (κ1) is 12.0. The van der Waals surface area contributed by atoms with Crippen molar-refractivity contribution in [3.05, 3.63) is 10.0 Å². The molecule has 78 valence electrons. The summed E-state index contributed by atoms with van der Waals surface area (Å²) in [5.41, 5.74) is 0. The van der Waals surface area contributed by atoms with Crippen molar-refractivity contribution >= 4 is 41.0 Å². The molecule has 0 aliphatic heterocycles. The highest BCUT2D eigenvalue weighted by molar-refractivity contribution is 8.01. The molecular weight excluding hydrogens is 238 g/mol. The molecule has 0 aliphatic rings. The Morgan fingerprint density at radius 3 is 2.93 bits per heavy atom. The molecule has 1 aromatic rings. The van der Waals surface area contributed by atoms with Gasteiger partial charge < -0.3 is 0 Å². The van der Waals surface area contributed by atoms with E-state index in [2.05, 4.69) is 18.8 Å². The molecule has 14 heavy (non-hydrogen) atoms. The molecule has 1 unspecified atom stereocenters. The summed E-state index contributed by atoms with van der Waals surface area (Å²) in [6.45, 7) is 4.36. The van der Waals surface area contributed by atoms with Gasteiger partial charge in [-0.2, -0.15) is 0 Å². The van der Waals surface area contributed by atoms with Crippen LogP contribution in [0, 0.1) is 5.92 Å². The summed E-state index contributed by atoms with van der Waals surface area (Å²) in [4.78, 5) is 15.1. The van der Waals surface area contributed by atoms with Crippen molar-refractivity contribution in [2.45, 2.75) is 24.6 Å². The van der Waals surface area contributed by atoms with Crippen LogP contribution in [0.1, 0.15) is 29.9 Å². The van der Waals surface area contributed by atoms with Crippen LogP contribution in [0.5, 0.6) is 0 Å². The average molecular weight is 250 g/mol. The van der Waals surface area contributed by atoms with E-state index in [0.717, 1.165) is 22.8 Å². The maximum atomic E-state index is 10.5. The SMILES string of the molecule is CCC(C)CSc1nc(Cl)c(C=O)s1. The number of aromatic nitrogens is 1. The largest absolute Gasteiger partial charge is 0.297 e. The van der Waals surface area contributed by atoms with E-state index in [1.54, 1.807) is 11.8 Å². The average Bonchev–Trinajstić information content (AvgIpc) is 2.55. The first-order valence-corrected chi connectivity index (χ1v) is 6.59. The van der Waals surface area contributed by atoms with Crippen molar-refractivity contribution in [2.24, 2.45) is 5.92 Å². The first-order valence-electron chi connectivity index (χ1n) is 4.41. The Hall–Kier alpha value is -0.0600. The fraction of sp³-hybridized carbons (Fsp3) is 0.556. The Morgan fingerprint density at radius 2 is 2.43 bits per heavy atom. The van der Waals surface area contributed by atoms with Crippen molar-refractivity contribution in [3.63, 3.8) is 0 Å². The maximum absolute atomic E-state index is 10.5. The topological polar surface area (TPSA) is 30.0 Å². The van der Waals surface area contributed by atoms with Gasteiger partial charge in [-0.15, -0.1) is 11.3 Å². The van der Waals surface area contributed by atoms with E-state index in [4.69, 9.17) is 11.6 Å². The van der Waals surface area contributed by atoms with Gasteiger partial charge in [0.15, 0.2) is 15.8 Å². The molecule has 0 aliphatic carbocycles. The number of rotatable bonds is 5. The van der Waals surface area contributed by atoms with Crippen LogP contribution in [0.4, 0.5) is 0 Å². The molecule has 0 aromatic carbocycles. The predicted octanol–water partition coefficient (Wildman–Crippen LogP) is 3.75. The molecule has 0 bridgehead atoms. The van der Waals surface area contributed by atoms with Crippen LogP contribution >= 0.6 is 34.7 Å².